The lowest BCUT2D eigenvalue weighted by Gasteiger charge is -2.09. The van der Waals surface area contributed by atoms with Gasteiger partial charge in [-0.3, -0.25) is 4.79 Å². The molecule has 0 aliphatic carbocycles. The Morgan fingerprint density at radius 3 is 2.61 bits per heavy atom. The highest BCUT2D eigenvalue weighted by Crippen LogP contribution is 2.20. The van der Waals surface area contributed by atoms with E-state index < -0.39 is 29.0 Å². The van der Waals surface area contributed by atoms with Crippen LogP contribution in [0.25, 0.3) is 0 Å². The smallest absolute Gasteiger partial charge is 0.274 e. The van der Waals surface area contributed by atoms with Crippen LogP contribution in [0.3, 0.4) is 0 Å². The number of anilines is 2. The molecule has 23 heavy (non-hydrogen) atoms. The predicted molar refractivity (Wildman–Crippen MR) is 79.6 cm³/mol. The fraction of sp³-hybridized carbons (Fsp3) is 0.267. The van der Waals surface area contributed by atoms with Crippen LogP contribution >= 0.6 is 0 Å². The second-order valence-corrected chi connectivity index (χ2v) is 5.22. The van der Waals surface area contributed by atoms with Crippen molar-refractivity contribution >= 4 is 17.5 Å². The largest absolute Gasteiger partial charge is 0.354 e. The molecule has 8 heteroatoms. The van der Waals surface area contributed by atoms with Crippen LogP contribution in [-0.4, -0.2) is 22.4 Å². The Morgan fingerprint density at radius 1 is 1.17 bits per heavy atom. The maximum absolute atomic E-state index is 13.6. The summed E-state index contributed by atoms with van der Waals surface area (Å²) in [5.41, 5.74) is -0.500. The normalized spacial score (nSPS) is 10.7. The van der Waals surface area contributed by atoms with E-state index in [2.05, 4.69) is 20.6 Å². The van der Waals surface area contributed by atoms with Gasteiger partial charge >= 0.3 is 0 Å². The average molecular weight is 324 g/mol. The fourth-order valence-corrected chi connectivity index (χ4v) is 1.67. The van der Waals surface area contributed by atoms with Crippen molar-refractivity contribution < 1.29 is 18.0 Å². The third kappa shape index (κ3) is 4.18. The average Bonchev–Trinajstić information content (AvgIpc) is 2.53. The number of hydrogen-bond donors (Lipinski definition) is 2. The van der Waals surface area contributed by atoms with Crippen LogP contribution in [0.4, 0.5) is 24.8 Å². The summed E-state index contributed by atoms with van der Waals surface area (Å²) < 4.78 is 39.6. The van der Waals surface area contributed by atoms with Gasteiger partial charge in [0.15, 0.2) is 17.5 Å². The summed E-state index contributed by atoms with van der Waals surface area (Å²) in [6.07, 6.45) is 1.37. The number of hydrogen-bond acceptors (Lipinski definition) is 4. The molecule has 1 aromatic heterocycles. The minimum atomic E-state index is -1.65. The molecule has 0 unspecified atom stereocenters. The van der Waals surface area contributed by atoms with Gasteiger partial charge in [0.2, 0.25) is 5.95 Å². The molecule has 0 spiro atoms. The van der Waals surface area contributed by atoms with Crippen molar-refractivity contribution in [1.29, 1.82) is 0 Å². The van der Waals surface area contributed by atoms with Crippen molar-refractivity contribution in [1.82, 2.24) is 9.97 Å². The summed E-state index contributed by atoms with van der Waals surface area (Å²) >= 11 is 0. The number of amides is 1. The third-order valence-corrected chi connectivity index (χ3v) is 2.84. The van der Waals surface area contributed by atoms with Crippen LogP contribution in [-0.2, 0) is 0 Å². The summed E-state index contributed by atoms with van der Waals surface area (Å²) in [5.74, 6) is -4.60. The van der Waals surface area contributed by atoms with Crippen molar-refractivity contribution in [3.8, 4) is 0 Å². The highest BCUT2D eigenvalue weighted by molar-refractivity contribution is 6.03. The first-order chi connectivity index (χ1) is 10.9. The Bertz CT molecular complexity index is 722. The van der Waals surface area contributed by atoms with Crippen molar-refractivity contribution in [2.24, 2.45) is 5.92 Å². The van der Waals surface area contributed by atoms with E-state index in [1.807, 2.05) is 13.8 Å². The number of aromatic nitrogens is 2. The maximum Gasteiger partial charge on any atom is 0.274 e. The van der Waals surface area contributed by atoms with Crippen LogP contribution in [0.15, 0.2) is 24.4 Å². The minimum absolute atomic E-state index is 0.0320. The molecule has 2 aromatic rings. The summed E-state index contributed by atoms with van der Waals surface area (Å²) in [5, 5.41) is 5.09. The van der Waals surface area contributed by atoms with Crippen molar-refractivity contribution in [2.75, 3.05) is 17.2 Å². The lowest BCUT2D eigenvalue weighted by Crippen LogP contribution is -2.17. The van der Waals surface area contributed by atoms with E-state index in [9.17, 15) is 18.0 Å². The van der Waals surface area contributed by atoms with Crippen molar-refractivity contribution in [2.45, 2.75) is 13.8 Å². The second kappa shape index (κ2) is 7.08. The fourth-order valence-electron chi connectivity index (χ4n) is 1.67. The molecule has 0 aliphatic rings. The molecular weight excluding hydrogens is 309 g/mol. The van der Waals surface area contributed by atoms with Gasteiger partial charge in [0.25, 0.3) is 5.91 Å². The van der Waals surface area contributed by atoms with Gasteiger partial charge in [-0.05, 0) is 24.1 Å². The molecule has 0 radical (unpaired) electrons. The number of carbonyl (C=O) groups is 1. The number of benzene rings is 1. The van der Waals surface area contributed by atoms with Gasteiger partial charge in [-0.2, -0.15) is 0 Å². The Balaban J connectivity index is 2.15. The van der Waals surface area contributed by atoms with E-state index in [1.165, 1.54) is 12.3 Å². The van der Waals surface area contributed by atoms with Gasteiger partial charge in [-0.15, -0.1) is 0 Å². The van der Waals surface area contributed by atoms with Crippen LogP contribution in [0.2, 0.25) is 0 Å². The molecule has 0 saturated heterocycles. The van der Waals surface area contributed by atoms with Crippen LogP contribution in [0, 0.1) is 23.4 Å². The first kappa shape index (κ1) is 16.7. The monoisotopic (exact) mass is 324 g/mol. The molecule has 1 aromatic carbocycles. The molecule has 2 N–H and O–H groups in total. The molecule has 1 amide bonds. The number of carbonyl (C=O) groups excluding carboxylic acids is 1. The zero-order valence-electron chi connectivity index (χ0n) is 12.5. The molecule has 0 atom stereocenters. The van der Waals surface area contributed by atoms with Crippen LogP contribution in [0.5, 0.6) is 0 Å². The third-order valence-electron chi connectivity index (χ3n) is 2.84. The lowest BCUT2D eigenvalue weighted by atomic mass is 10.2. The second-order valence-electron chi connectivity index (χ2n) is 5.22. The number of nitrogens with one attached hydrogen (secondary N) is 2. The Morgan fingerprint density at radius 2 is 1.91 bits per heavy atom. The van der Waals surface area contributed by atoms with Crippen LogP contribution < -0.4 is 10.6 Å². The molecule has 122 valence electrons. The molecule has 0 aliphatic heterocycles. The minimum Gasteiger partial charge on any atom is -0.354 e. The quantitative estimate of drug-likeness (QED) is 0.829. The van der Waals surface area contributed by atoms with Crippen molar-refractivity contribution in [3.05, 3.63) is 47.5 Å². The van der Waals surface area contributed by atoms with E-state index in [0.717, 1.165) is 12.1 Å². The topological polar surface area (TPSA) is 66.9 Å². The van der Waals surface area contributed by atoms with Gasteiger partial charge in [-0.25, -0.2) is 23.1 Å². The number of nitrogens with zero attached hydrogens (tertiary/aromatic N) is 2. The standard InChI is InChI=1S/C15H15F3N4O/c1-8(2)7-20-15-19-6-5-11(22-15)14(23)21-10-4-3-9(16)12(17)13(10)18/h3-6,8H,7H2,1-2H3,(H,21,23)(H,19,20,22). The van der Waals surface area contributed by atoms with Crippen molar-refractivity contribution in [3.63, 3.8) is 0 Å². The predicted octanol–water partition coefficient (Wildman–Crippen LogP) is 3.21. The molecule has 1 heterocycles. The highest BCUT2D eigenvalue weighted by Gasteiger charge is 2.17. The molecule has 0 bridgehead atoms. The summed E-state index contributed by atoms with van der Waals surface area (Å²) in [6.45, 7) is 4.60. The number of rotatable bonds is 5. The molecular formula is C15H15F3N4O. The molecule has 5 nitrogen and oxygen atoms in total. The van der Waals surface area contributed by atoms with Gasteiger partial charge in [-0.1, -0.05) is 13.8 Å². The number of halogens is 3. The van der Waals surface area contributed by atoms with E-state index in [-0.39, 0.29) is 11.6 Å². The SMILES string of the molecule is CC(C)CNc1nccc(C(=O)Nc2ccc(F)c(F)c2F)n1. The molecule has 0 saturated carbocycles. The van der Waals surface area contributed by atoms with Gasteiger partial charge in [0, 0.05) is 12.7 Å². The van der Waals surface area contributed by atoms with Gasteiger partial charge in [0.1, 0.15) is 5.69 Å². The summed E-state index contributed by atoms with van der Waals surface area (Å²) in [4.78, 5) is 20.0. The van der Waals surface area contributed by atoms with E-state index >= 15 is 0 Å². The van der Waals surface area contributed by atoms with E-state index in [0.29, 0.717) is 12.5 Å². The maximum atomic E-state index is 13.6. The highest BCUT2D eigenvalue weighted by atomic mass is 19.2. The Kier molecular flexibility index (Phi) is 5.15. The van der Waals surface area contributed by atoms with E-state index in [4.69, 9.17) is 0 Å². The molecule has 0 fully saturated rings. The zero-order chi connectivity index (χ0) is 17.0. The summed E-state index contributed by atoms with van der Waals surface area (Å²) in [7, 11) is 0. The molecule has 2 rings (SSSR count). The lowest BCUT2D eigenvalue weighted by molar-refractivity contribution is 0.102. The van der Waals surface area contributed by atoms with Crippen LogP contribution in [0.1, 0.15) is 24.3 Å². The first-order valence-corrected chi connectivity index (χ1v) is 6.90. The first-order valence-electron chi connectivity index (χ1n) is 6.90. The summed E-state index contributed by atoms with van der Waals surface area (Å²) in [6, 6.07) is 2.99. The Hall–Kier alpha value is -2.64. The Labute approximate surface area is 131 Å². The zero-order valence-corrected chi connectivity index (χ0v) is 12.5. The van der Waals surface area contributed by atoms with E-state index in [1.54, 1.807) is 0 Å². The van der Waals surface area contributed by atoms with Gasteiger partial charge < -0.3 is 10.6 Å². The van der Waals surface area contributed by atoms with Gasteiger partial charge in [0.05, 0.1) is 5.69 Å².